The lowest BCUT2D eigenvalue weighted by molar-refractivity contribution is -0.146. The standard InChI is InChI=1S/C36H37NO4/c1-24-33(36(39)41-30-15-9-4-10-16-30)34(27-17-19-29(20-18-27)40-23-25-11-5-2-6-12-25)35-31(37-24)21-28(22-32(35)38)26-13-7-3-8-14-26/h2-3,5-8,11-14,17-20,28,30,34,37H,4,9-10,15-16,21-23H2,1H3/t28-,34+/m0/s1. The summed E-state index contributed by atoms with van der Waals surface area (Å²) in [6, 6.07) is 28.1. The summed E-state index contributed by atoms with van der Waals surface area (Å²) < 4.78 is 12.1. The summed E-state index contributed by atoms with van der Waals surface area (Å²) in [5.74, 6) is 0.132. The predicted molar refractivity (Wildman–Crippen MR) is 159 cm³/mol. The molecule has 0 bridgehead atoms. The van der Waals surface area contributed by atoms with Gasteiger partial charge in [-0.2, -0.15) is 0 Å². The number of esters is 1. The molecule has 1 saturated carbocycles. The highest BCUT2D eigenvalue weighted by molar-refractivity contribution is 6.04. The maximum atomic E-state index is 13.9. The molecular formula is C36H37NO4. The monoisotopic (exact) mass is 547 g/mol. The van der Waals surface area contributed by atoms with Gasteiger partial charge in [-0.1, -0.05) is 79.2 Å². The van der Waals surface area contributed by atoms with Gasteiger partial charge in [0, 0.05) is 29.3 Å². The minimum absolute atomic E-state index is 0.0640. The van der Waals surface area contributed by atoms with Crippen LogP contribution < -0.4 is 10.1 Å². The molecule has 5 heteroatoms. The first-order valence-electron chi connectivity index (χ1n) is 14.8. The Morgan fingerprint density at radius 3 is 2.22 bits per heavy atom. The first kappa shape index (κ1) is 27.1. The van der Waals surface area contributed by atoms with Gasteiger partial charge < -0.3 is 14.8 Å². The Balaban J connectivity index is 1.31. The third-order valence-electron chi connectivity index (χ3n) is 8.61. The molecule has 0 amide bonds. The van der Waals surface area contributed by atoms with Crippen molar-refractivity contribution in [1.82, 2.24) is 5.32 Å². The van der Waals surface area contributed by atoms with Gasteiger partial charge in [0.15, 0.2) is 5.78 Å². The van der Waals surface area contributed by atoms with E-state index in [0.717, 1.165) is 65.9 Å². The van der Waals surface area contributed by atoms with E-state index < -0.39 is 5.92 Å². The highest BCUT2D eigenvalue weighted by atomic mass is 16.5. The molecule has 3 aromatic carbocycles. The van der Waals surface area contributed by atoms with Crippen molar-refractivity contribution in [2.75, 3.05) is 0 Å². The lowest BCUT2D eigenvalue weighted by Gasteiger charge is -2.37. The number of ketones is 1. The highest BCUT2D eigenvalue weighted by Crippen LogP contribution is 2.46. The lowest BCUT2D eigenvalue weighted by atomic mass is 9.71. The first-order chi connectivity index (χ1) is 20.1. The smallest absolute Gasteiger partial charge is 0.337 e. The van der Waals surface area contributed by atoms with Gasteiger partial charge in [0.1, 0.15) is 18.5 Å². The SMILES string of the molecule is CC1=C(C(=O)OC2CCCCC2)[C@@H](c2ccc(OCc3ccccc3)cc2)C2=C(C[C@H](c3ccccc3)CC2=O)N1. The van der Waals surface area contributed by atoms with Gasteiger partial charge in [0.05, 0.1) is 5.57 Å². The molecule has 1 aliphatic heterocycles. The number of carbonyl (C=O) groups is 2. The van der Waals surface area contributed by atoms with Crippen molar-refractivity contribution < 1.29 is 19.1 Å². The highest BCUT2D eigenvalue weighted by Gasteiger charge is 2.42. The van der Waals surface area contributed by atoms with Gasteiger partial charge in [-0.25, -0.2) is 4.79 Å². The topological polar surface area (TPSA) is 64.6 Å². The van der Waals surface area contributed by atoms with Crippen LogP contribution in [0.15, 0.2) is 107 Å². The fourth-order valence-electron chi connectivity index (χ4n) is 6.50. The number of dihydropyridines is 1. The van der Waals surface area contributed by atoms with E-state index in [1.54, 1.807) is 0 Å². The van der Waals surface area contributed by atoms with Crippen molar-refractivity contribution in [3.8, 4) is 5.75 Å². The zero-order valence-electron chi connectivity index (χ0n) is 23.6. The average molecular weight is 548 g/mol. The molecule has 41 heavy (non-hydrogen) atoms. The molecular weight excluding hydrogens is 510 g/mol. The molecule has 1 heterocycles. The van der Waals surface area contributed by atoms with E-state index in [4.69, 9.17) is 9.47 Å². The quantitative estimate of drug-likeness (QED) is 0.310. The Labute approximate surface area is 242 Å². The summed E-state index contributed by atoms with van der Waals surface area (Å²) >= 11 is 0. The normalized spacial score (nSPS) is 21.2. The summed E-state index contributed by atoms with van der Waals surface area (Å²) in [6.07, 6.45) is 6.22. The summed E-state index contributed by atoms with van der Waals surface area (Å²) in [4.78, 5) is 27.7. The Hall–Kier alpha value is -4.12. The molecule has 2 atom stereocenters. The number of Topliss-reactive ketones (excluding diaryl/α,β-unsaturated/α-hetero) is 1. The molecule has 1 fully saturated rings. The molecule has 5 nitrogen and oxygen atoms in total. The second-order valence-electron chi connectivity index (χ2n) is 11.4. The van der Waals surface area contributed by atoms with Crippen LogP contribution in [-0.2, 0) is 20.9 Å². The van der Waals surface area contributed by atoms with E-state index in [-0.39, 0.29) is 23.8 Å². The fraction of sp³-hybridized carbons (Fsp3) is 0.333. The van der Waals surface area contributed by atoms with Gasteiger partial charge in [-0.05, 0) is 73.8 Å². The lowest BCUT2D eigenvalue weighted by Crippen LogP contribution is -2.37. The van der Waals surface area contributed by atoms with Crippen molar-refractivity contribution >= 4 is 11.8 Å². The van der Waals surface area contributed by atoms with E-state index >= 15 is 0 Å². The van der Waals surface area contributed by atoms with E-state index in [9.17, 15) is 9.59 Å². The van der Waals surface area contributed by atoms with Crippen LogP contribution in [0.1, 0.15) is 80.4 Å². The van der Waals surface area contributed by atoms with Gasteiger partial charge in [0.2, 0.25) is 0 Å². The van der Waals surface area contributed by atoms with E-state index in [1.165, 1.54) is 6.42 Å². The Kier molecular flexibility index (Phi) is 8.04. The van der Waals surface area contributed by atoms with Crippen LogP contribution in [-0.4, -0.2) is 17.9 Å². The van der Waals surface area contributed by atoms with Crippen LogP contribution in [0.5, 0.6) is 5.75 Å². The van der Waals surface area contributed by atoms with Crippen LogP contribution in [0.3, 0.4) is 0 Å². The number of carbonyl (C=O) groups excluding carboxylic acids is 2. The molecule has 6 rings (SSSR count). The largest absolute Gasteiger partial charge is 0.489 e. The molecule has 0 spiro atoms. The minimum Gasteiger partial charge on any atom is -0.489 e. The second-order valence-corrected chi connectivity index (χ2v) is 11.4. The maximum Gasteiger partial charge on any atom is 0.337 e. The number of benzene rings is 3. The van der Waals surface area contributed by atoms with Crippen molar-refractivity contribution in [2.24, 2.45) is 0 Å². The number of hydrogen-bond acceptors (Lipinski definition) is 5. The molecule has 3 aromatic rings. The zero-order valence-corrected chi connectivity index (χ0v) is 23.6. The third-order valence-corrected chi connectivity index (χ3v) is 8.61. The molecule has 210 valence electrons. The van der Waals surface area contributed by atoms with Gasteiger partial charge >= 0.3 is 5.97 Å². The summed E-state index contributed by atoms with van der Waals surface area (Å²) in [7, 11) is 0. The van der Waals surface area contributed by atoms with Crippen LogP contribution in [0, 0.1) is 0 Å². The number of rotatable bonds is 7. The molecule has 2 aliphatic carbocycles. The molecule has 0 radical (unpaired) electrons. The third kappa shape index (κ3) is 6.00. The first-order valence-corrected chi connectivity index (χ1v) is 14.8. The Bertz CT molecular complexity index is 1450. The number of nitrogens with one attached hydrogen (secondary N) is 1. The maximum absolute atomic E-state index is 13.9. The Morgan fingerprint density at radius 2 is 1.51 bits per heavy atom. The summed E-state index contributed by atoms with van der Waals surface area (Å²) in [5.41, 5.74) is 6.06. The average Bonchev–Trinajstić information content (AvgIpc) is 3.01. The molecule has 0 aromatic heterocycles. The van der Waals surface area contributed by atoms with Gasteiger partial charge in [-0.15, -0.1) is 0 Å². The molecule has 0 saturated heterocycles. The van der Waals surface area contributed by atoms with Gasteiger partial charge in [0.25, 0.3) is 0 Å². The van der Waals surface area contributed by atoms with Crippen molar-refractivity contribution in [3.63, 3.8) is 0 Å². The van der Waals surface area contributed by atoms with Crippen LogP contribution in [0.2, 0.25) is 0 Å². The predicted octanol–water partition coefficient (Wildman–Crippen LogP) is 7.50. The number of hydrogen-bond donors (Lipinski definition) is 1. The number of ether oxygens (including phenoxy) is 2. The van der Waals surface area contributed by atoms with Crippen molar-refractivity contribution in [2.45, 2.75) is 76.4 Å². The fourth-order valence-corrected chi connectivity index (χ4v) is 6.50. The van der Waals surface area contributed by atoms with Crippen LogP contribution in [0.25, 0.3) is 0 Å². The molecule has 3 aliphatic rings. The van der Waals surface area contributed by atoms with Gasteiger partial charge in [-0.3, -0.25) is 4.79 Å². The molecule has 1 N–H and O–H groups in total. The van der Waals surface area contributed by atoms with Crippen LogP contribution in [0.4, 0.5) is 0 Å². The Morgan fingerprint density at radius 1 is 0.829 bits per heavy atom. The van der Waals surface area contributed by atoms with E-state index in [0.29, 0.717) is 24.2 Å². The van der Waals surface area contributed by atoms with Crippen molar-refractivity contribution in [1.29, 1.82) is 0 Å². The zero-order chi connectivity index (χ0) is 28.2. The summed E-state index contributed by atoms with van der Waals surface area (Å²) in [6.45, 7) is 2.41. The minimum atomic E-state index is -0.477. The number of allylic oxidation sites excluding steroid dienone is 3. The second kappa shape index (κ2) is 12.2. The molecule has 0 unspecified atom stereocenters. The summed E-state index contributed by atoms with van der Waals surface area (Å²) in [5, 5.41) is 3.48. The van der Waals surface area contributed by atoms with E-state index in [1.807, 2.05) is 79.7 Å². The van der Waals surface area contributed by atoms with Crippen molar-refractivity contribution in [3.05, 3.63) is 124 Å². The van der Waals surface area contributed by atoms with E-state index in [2.05, 4.69) is 17.4 Å². The van der Waals surface area contributed by atoms with Crippen LogP contribution >= 0.6 is 0 Å².